The highest BCUT2D eigenvalue weighted by Gasteiger charge is 2.19. The molecule has 0 bridgehead atoms. The summed E-state index contributed by atoms with van der Waals surface area (Å²) in [5.74, 6) is -0.866. The van der Waals surface area contributed by atoms with Gasteiger partial charge >= 0.3 is 5.97 Å². The topological polar surface area (TPSA) is 39.2 Å². The maximum Gasteiger partial charge on any atom is 0.339 e. The lowest BCUT2D eigenvalue weighted by atomic mass is 10.1. The number of pyridine rings is 1. The van der Waals surface area contributed by atoms with Gasteiger partial charge in [-0.25, -0.2) is 9.18 Å². The number of methoxy groups -OCH3 is 1. The monoisotopic (exact) mass is 329 g/mol. The highest BCUT2D eigenvalue weighted by atomic mass is 79.9. The van der Waals surface area contributed by atoms with E-state index in [1.54, 1.807) is 18.4 Å². The van der Waals surface area contributed by atoms with E-state index in [1.807, 2.05) is 0 Å². The fourth-order valence-corrected chi connectivity index (χ4v) is 3.36. The Balaban J connectivity index is 2.55. The van der Waals surface area contributed by atoms with Gasteiger partial charge in [0.15, 0.2) is 0 Å². The van der Waals surface area contributed by atoms with E-state index < -0.39 is 11.8 Å². The van der Waals surface area contributed by atoms with Gasteiger partial charge in [0.25, 0.3) is 0 Å². The number of aryl methyl sites for hydroxylation is 1. The summed E-state index contributed by atoms with van der Waals surface area (Å²) in [7, 11) is 1.31. The molecule has 0 spiro atoms. The van der Waals surface area contributed by atoms with Crippen molar-refractivity contribution in [3.63, 3.8) is 0 Å². The van der Waals surface area contributed by atoms with Crippen LogP contribution in [0.25, 0.3) is 10.4 Å². The number of ether oxygens (including phenoxy) is 1. The molecule has 0 saturated heterocycles. The zero-order valence-corrected chi connectivity index (χ0v) is 12.1. The van der Waals surface area contributed by atoms with Gasteiger partial charge in [0.05, 0.1) is 28.2 Å². The number of carbonyl (C=O) groups excluding carboxylic acids is 1. The minimum atomic E-state index is -0.449. The largest absolute Gasteiger partial charge is 0.465 e. The lowest BCUT2D eigenvalue weighted by Crippen LogP contribution is -1.99. The van der Waals surface area contributed by atoms with Crippen LogP contribution in [0.15, 0.2) is 22.1 Å². The number of halogens is 2. The Morgan fingerprint density at radius 3 is 2.94 bits per heavy atom. The molecule has 2 aromatic rings. The first kappa shape index (κ1) is 13.2. The summed E-state index contributed by atoms with van der Waals surface area (Å²) in [6.07, 6.45) is 1.18. The van der Waals surface area contributed by atoms with Gasteiger partial charge in [-0.1, -0.05) is 0 Å². The van der Waals surface area contributed by atoms with Crippen LogP contribution in [0.1, 0.15) is 16.1 Å². The van der Waals surface area contributed by atoms with Gasteiger partial charge in [-0.15, -0.1) is 11.3 Å². The third-order valence-electron chi connectivity index (χ3n) is 2.37. The molecule has 0 N–H and O–H groups in total. The lowest BCUT2D eigenvalue weighted by Gasteiger charge is -2.03. The van der Waals surface area contributed by atoms with E-state index in [-0.39, 0.29) is 0 Å². The third kappa shape index (κ3) is 2.30. The van der Waals surface area contributed by atoms with Gasteiger partial charge in [-0.2, -0.15) is 0 Å². The zero-order chi connectivity index (χ0) is 13.3. The molecular weight excluding hydrogens is 321 g/mol. The molecule has 2 rings (SSSR count). The number of esters is 1. The molecule has 0 saturated carbocycles. The Morgan fingerprint density at radius 2 is 2.28 bits per heavy atom. The summed E-state index contributed by atoms with van der Waals surface area (Å²) in [6.45, 7) is 1.78. The number of hydrogen-bond donors (Lipinski definition) is 0. The van der Waals surface area contributed by atoms with Crippen molar-refractivity contribution in [2.45, 2.75) is 6.92 Å². The molecule has 6 heteroatoms. The fourth-order valence-electron chi connectivity index (χ4n) is 1.49. The van der Waals surface area contributed by atoms with E-state index in [9.17, 15) is 9.18 Å². The lowest BCUT2D eigenvalue weighted by molar-refractivity contribution is 0.0600. The standard InChI is InChI=1S/C12H9BrFNO2S/c1-6-3-7(9(14)4-15-6)11-10(13)8(5-18-11)12(16)17-2/h3-5H,1-2H3. The summed E-state index contributed by atoms with van der Waals surface area (Å²) in [6, 6.07) is 1.65. The van der Waals surface area contributed by atoms with Crippen LogP contribution in [0.2, 0.25) is 0 Å². The maximum atomic E-state index is 13.7. The molecule has 0 amide bonds. The molecular formula is C12H9BrFNO2S. The Hall–Kier alpha value is -1.27. The number of aromatic nitrogens is 1. The second-order valence-corrected chi connectivity index (χ2v) is 5.26. The molecule has 0 aliphatic heterocycles. The van der Waals surface area contributed by atoms with E-state index in [0.717, 1.165) is 0 Å². The zero-order valence-electron chi connectivity index (χ0n) is 9.66. The van der Waals surface area contributed by atoms with Crippen LogP contribution in [0.3, 0.4) is 0 Å². The molecule has 0 unspecified atom stereocenters. The highest BCUT2D eigenvalue weighted by Crippen LogP contribution is 2.38. The highest BCUT2D eigenvalue weighted by molar-refractivity contribution is 9.10. The van der Waals surface area contributed by atoms with Gasteiger partial charge in [0, 0.05) is 16.6 Å². The molecule has 0 atom stereocenters. The van der Waals surface area contributed by atoms with Gasteiger partial charge in [-0.05, 0) is 28.9 Å². The molecule has 0 fully saturated rings. The molecule has 3 nitrogen and oxygen atoms in total. The fraction of sp³-hybridized carbons (Fsp3) is 0.167. The summed E-state index contributed by atoms with van der Waals surface area (Å²) in [5.41, 5.74) is 1.53. The number of hydrogen-bond acceptors (Lipinski definition) is 4. The first-order valence-corrected chi connectivity index (χ1v) is 6.69. The Labute approximate surface area is 116 Å². The van der Waals surface area contributed by atoms with Crippen molar-refractivity contribution in [2.24, 2.45) is 0 Å². The predicted molar refractivity (Wildman–Crippen MR) is 71.3 cm³/mol. The molecule has 94 valence electrons. The molecule has 0 aliphatic carbocycles. The van der Waals surface area contributed by atoms with Gasteiger partial charge in [0.1, 0.15) is 5.82 Å². The van der Waals surface area contributed by atoms with Crippen molar-refractivity contribution in [2.75, 3.05) is 7.11 Å². The summed E-state index contributed by atoms with van der Waals surface area (Å²) >= 11 is 4.59. The van der Waals surface area contributed by atoms with Crippen molar-refractivity contribution < 1.29 is 13.9 Å². The normalized spacial score (nSPS) is 10.4. The second-order valence-electron chi connectivity index (χ2n) is 3.59. The smallest absolute Gasteiger partial charge is 0.339 e. The number of nitrogens with zero attached hydrogens (tertiary/aromatic N) is 1. The van der Waals surface area contributed by atoms with Crippen molar-refractivity contribution >= 4 is 33.2 Å². The maximum absolute atomic E-state index is 13.7. The van der Waals surface area contributed by atoms with Crippen molar-refractivity contribution in [3.05, 3.63) is 39.2 Å². The van der Waals surface area contributed by atoms with E-state index in [0.29, 0.717) is 26.2 Å². The van der Waals surface area contributed by atoms with Crippen LogP contribution in [-0.2, 0) is 4.74 Å². The summed E-state index contributed by atoms with van der Waals surface area (Å²) in [4.78, 5) is 16.0. The van der Waals surface area contributed by atoms with Crippen molar-refractivity contribution in [1.82, 2.24) is 4.98 Å². The summed E-state index contributed by atoms with van der Waals surface area (Å²) in [5, 5.41) is 1.64. The number of carbonyl (C=O) groups is 1. The molecule has 2 aromatic heterocycles. The molecule has 18 heavy (non-hydrogen) atoms. The minimum absolute atomic E-state index is 0.395. The van der Waals surface area contributed by atoms with E-state index in [4.69, 9.17) is 0 Å². The number of thiophene rings is 1. The first-order valence-electron chi connectivity index (χ1n) is 5.02. The van der Waals surface area contributed by atoms with Gasteiger partial charge < -0.3 is 4.74 Å². The third-order valence-corrected chi connectivity index (χ3v) is 4.47. The van der Waals surface area contributed by atoms with Crippen molar-refractivity contribution in [1.29, 1.82) is 0 Å². The van der Waals surface area contributed by atoms with Crippen molar-refractivity contribution in [3.8, 4) is 10.4 Å². The summed E-state index contributed by atoms with van der Waals surface area (Å²) < 4.78 is 18.9. The van der Waals surface area contributed by atoms with Crippen LogP contribution in [0.5, 0.6) is 0 Å². The van der Waals surface area contributed by atoms with Crippen LogP contribution in [0, 0.1) is 12.7 Å². The Bertz CT molecular complexity index is 612. The number of rotatable bonds is 2. The van der Waals surface area contributed by atoms with Crippen LogP contribution < -0.4 is 0 Å². The van der Waals surface area contributed by atoms with E-state index in [1.165, 1.54) is 24.6 Å². The predicted octanol–water partition coefficient (Wildman–Crippen LogP) is 3.81. The molecule has 0 radical (unpaired) electrons. The second kappa shape index (κ2) is 5.16. The van der Waals surface area contributed by atoms with Crippen LogP contribution >= 0.6 is 27.3 Å². The van der Waals surface area contributed by atoms with E-state index >= 15 is 0 Å². The average Bonchev–Trinajstić information content (AvgIpc) is 2.73. The Kier molecular flexibility index (Phi) is 3.77. The quantitative estimate of drug-likeness (QED) is 0.786. The van der Waals surface area contributed by atoms with Gasteiger partial charge in [0.2, 0.25) is 0 Å². The molecule has 0 aliphatic rings. The van der Waals surface area contributed by atoms with Gasteiger partial charge in [-0.3, -0.25) is 4.98 Å². The van der Waals surface area contributed by atoms with Crippen LogP contribution in [-0.4, -0.2) is 18.1 Å². The molecule has 0 aromatic carbocycles. The Morgan fingerprint density at radius 1 is 1.56 bits per heavy atom. The molecule has 2 heterocycles. The van der Waals surface area contributed by atoms with Crippen LogP contribution in [0.4, 0.5) is 4.39 Å². The first-order chi connectivity index (χ1) is 8.54. The minimum Gasteiger partial charge on any atom is -0.465 e. The van der Waals surface area contributed by atoms with E-state index in [2.05, 4.69) is 25.7 Å². The average molecular weight is 330 g/mol. The SMILES string of the molecule is COC(=O)c1csc(-c2cc(C)ncc2F)c1Br.